The average Bonchev–Trinajstić information content (AvgIpc) is 3.04. The van der Waals surface area contributed by atoms with Crippen LogP contribution in [-0.2, 0) is 43.0 Å². The van der Waals surface area contributed by atoms with Gasteiger partial charge in [0.1, 0.15) is 11.2 Å². The van der Waals surface area contributed by atoms with Crippen molar-refractivity contribution in [2.75, 3.05) is 37.7 Å². The first-order chi connectivity index (χ1) is 23.0. The van der Waals surface area contributed by atoms with Crippen LogP contribution in [0.5, 0.6) is 0 Å². The van der Waals surface area contributed by atoms with E-state index in [0.717, 1.165) is 43.4 Å². The summed E-state index contributed by atoms with van der Waals surface area (Å²) in [5.41, 5.74) is 1.34. The lowest BCUT2D eigenvalue weighted by molar-refractivity contribution is 0.0207. The second-order valence-electron chi connectivity index (χ2n) is 14.7. The van der Waals surface area contributed by atoms with E-state index < -0.39 is 31.8 Å². The zero-order valence-corrected chi connectivity index (χ0v) is 31.8. The van der Waals surface area contributed by atoms with Gasteiger partial charge >= 0.3 is 12.2 Å². The molecule has 1 unspecified atom stereocenters. The largest absolute Gasteiger partial charge is 0.444 e. The Morgan fingerprint density at radius 1 is 0.735 bits per heavy atom. The molecule has 0 saturated carbocycles. The first-order valence-corrected chi connectivity index (χ1v) is 20.4. The number of ether oxygens (including phenoxy) is 2. The van der Waals surface area contributed by atoms with Gasteiger partial charge in [0, 0.05) is 72.8 Å². The third-order valence-electron chi connectivity index (χ3n) is 8.27. The quantitative estimate of drug-likeness (QED) is 0.290. The van der Waals surface area contributed by atoms with Crippen LogP contribution in [0.4, 0.5) is 9.59 Å². The van der Waals surface area contributed by atoms with Gasteiger partial charge in [0.2, 0.25) is 0 Å². The molecule has 0 N–H and O–H groups in total. The lowest BCUT2D eigenvalue weighted by atomic mass is 10.1. The summed E-state index contributed by atoms with van der Waals surface area (Å²) in [4.78, 5) is 35.4. The van der Waals surface area contributed by atoms with Crippen molar-refractivity contribution in [3.8, 4) is 0 Å². The maximum atomic E-state index is 12.5. The van der Waals surface area contributed by atoms with E-state index >= 15 is 0 Å². The Morgan fingerprint density at radius 2 is 1.14 bits per heavy atom. The molecule has 49 heavy (non-hydrogen) atoms. The Morgan fingerprint density at radius 3 is 1.57 bits per heavy atom. The molecule has 1 atom stereocenters. The fraction of sp³-hybridized carbons (Fsp3) is 0.667. The molecule has 2 amide bonds. The van der Waals surface area contributed by atoms with Crippen LogP contribution in [0.1, 0.15) is 91.2 Å². The molecular weight excluding hydrogens is 665 g/mol. The molecule has 274 valence electrons. The Bertz CT molecular complexity index is 1430. The third-order valence-corrected chi connectivity index (χ3v) is 12.5. The minimum atomic E-state index is -3.13. The number of aromatic nitrogens is 2. The minimum Gasteiger partial charge on any atom is -0.444 e. The summed E-state index contributed by atoms with van der Waals surface area (Å²) in [6.07, 6.45) is 12.1. The highest BCUT2D eigenvalue weighted by Crippen LogP contribution is 2.22. The van der Waals surface area contributed by atoms with Crippen molar-refractivity contribution in [3.63, 3.8) is 0 Å². The molecule has 2 saturated heterocycles. The number of amides is 2. The van der Waals surface area contributed by atoms with E-state index in [4.69, 9.17) is 9.47 Å². The van der Waals surface area contributed by atoms with Gasteiger partial charge in [-0.1, -0.05) is 0 Å². The van der Waals surface area contributed by atoms with E-state index in [0.29, 0.717) is 45.4 Å². The number of pyridine rings is 2. The maximum Gasteiger partial charge on any atom is 0.410 e. The highest BCUT2D eigenvalue weighted by molar-refractivity contribution is 7.92. The fourth-order valence-electron chi connectivity index (χ4n) is 5.68. The van der Waals surface area contributed by atoms with Crippen molar-refractivity contribution >= 4 is 32.8 Å². The van der Waals surface area contributed by atoms with Gasteiger partial charge in [0.15, 0.2) is 9.84 Å². The molecule has 4 rings (SSSR count). The molecule has 2 aliphatic heterocycles. The standard InChI is InChI=1S/C18H28N2O4S.C18H28N2O3S/c1-18(2,3)24-17(21)20-12-8-16(9-13-20)25(22,23)14-4-5-15-6-10-19-11-7-15;1-18(2,3)23-17(21)20-12-8-16(9-13-20)24(22)14-4-5-15-6-10-19-11-7-15/h6-7,10-11,16H,4-5,8-9,12-14H2,1-3H3;6-7,10-11,16H,4-5,8-9,12-14H2,1-3H3. The van der Waals surface area contributed by atoms with Crippen LogP contribution in [0, 0.1) is 0 Å². The molecule has 2 aromatic rings. The van der Waals surface area contributed by atoms with Crippen molar-refractivity contribution in [2.24, 2.45) is 0 Å². The summed E-state index contributed by atoms with van der Waals surface area (Å²) in [5, 5.41) is -0.162. The number of hydrogen-bond acceptors (Lipinski definition) is 9. The van der Waals surface area contributed by atoms with Crippen LogP contribution in [0.15, 0.2) is 49.1 Å². The summed E-state index contributed by atoms with van der Waals surface area (Å²) >= 11 is 0. The smallest absolute Gasteiger partial charge is 0.410 e. The summed E-state index contributed by atoms with van der Waals surface area (Å²) in [6, 6.07) is 7.82. The first kappa shape index (κ1) is 40.4. The summed E-state index contributed by atoms with van der Waals surface area (Å²) in [5.74, 6) is 0.909. The Labute approximate surface area is 295 Å². The molecule has 0 aliphatic carbocycles. The number of piperidine rings is 2. The summed E-state index contributed by atoms with van der Waals surface area (Å²) < 4.78 is 48.3. The van der Waals surface area contributed by atoms with E-state index in [2.05, 4.69) is 9.97 Å². The maximum absolute atomic E-state index is 12.5. The fourth-order valence-corrected chi connectivity index (χ4v) is 8.99. The number of aryl methyl sites for hydroxylation is 2. The third kappa shape index (κ3) is 15.2. The van der Waals surface area contributed by atoms with Crippen LogP contribution >= 0.6 is 0 Å². The van der Waals surface area contributed by atoms with Gasteiger partial charge in [0.05, 0.1) is 11.0 Å². The molecule has 0 radical (unpaired) electrons. The predicted octanol–water partition coefficient (Wildman–Crippen LogP) is 5.99. The minimum absolute atomic E-state index is 0.187. The van der Waals surface area contributed by atoms with Crippen molar-refractivity contribution < 1.29 is 31.7 Å². The van der Waals surface area contributed by atoms with Gasteiger partial charge in [-0.2, -0.15) is 0 Å². The first-order valence-electron chi connectivity index (χ1n) is 17.3. The van der Waals surface area contributed by atoms with Gasteiger partial charge in [-0.3, -0.25) is 14.2 Å². The van der Waals surface area contributed by atoms with Crippen LogP contribution < -0.4 is 0 Å². The number of rotatable bonds is 10. The molecule has 0 spiro atoms. The number of sulfone groups is 1. The number of nitrogens with zero attached hydrogens (tertiary/aromatic N) is 4. The summed E-state index contributed by atoms with van der Waals surface area (Å²) in [7, 11) is -3.95. The monoisotopic (exact) mass is 720 g/mol. The van der Waals surface area contributed by atoms with Crippen molar-refractivity contribution in [2.45, 2.75) is 115 Å². The molecule has 2 aliphatic rings. The van der Waals surface area contributed by atoms with Gasteiger partial charge < -0.3 is 19.3 Å². The molecule has 2 fully saturated rings. The van der Waals surface area contributed by atoms with Gasteiger partial charge in [0.25, 0.3) is 0 Å². The average molecular weight is 721 g/mol. The normalized spacial score (nSPS) is 17.1. The topological polar surface area (TPSA) is 136 Å². The Hall–Kier alpha value is -3.06. The lowest BCUT2D eigenvalue weighted by Gasteiger charge is -2.33. The zero-order valence-electron chi connectivity index (χ0n) is 30.1. The highest BCUT2D eigenvalue weighted by atomic mass is 32.2. The second kappa shape index (κ2) is 18.8. The molecule has 0 aromatic carbocycles. The number of carbonyl (C=O) groups is 2. The molecule has 4 heterocycles. The Kier molecular flexibility index (Phi) is 15.5. The second-order valence-corrected chi connectivity index (χ2v) is 18.9. The molecule has 2 aromatic heterocycles. The highest BCUT2D eigenvalue weighted by Gasteiger charge is 2.33. The predicted molar refractivity (Wildman–Crippen MR) is 194 cm³/mol. The number of carbonyl (C=O) groups excluding carboxylic acids is 2. The van der Waals surface area contributed by atoms with E-state index in [1.807, 2.05) is 65.8 Å². The van der Waals surface area contributed by atoms with Crippen molar-refractivity contribution in [1.82, 2.24) is 19.8 Å². The SMILES string of the molecule is CC(C)(C)OC(=O)N1CCC(S(=O)(=O)CCCc2ccncc2)CC1.CC(C)(C)OC(=O)N1CCC(S(=O)CCCc2ccncc2)CC1. The zero-order chi connectivity index (χ0) is 36.1. The van der Waals surface area contributed by atoms with Gasteiger partial charge in [-0.15, -0.1) is 0 Å². The molecule has 11 nitrogen and oxygen atoms in total. The van der Waals surface area contributed by atoms with Gasteiger partial charge in [-0.05, 0) is 128 Å². The van der Waals surface area contributed by atoms with E-state index in [1.54, 1.807) is 34.6 Å². The molecule has 13 heteroatoms. The van der Waals surface area contributed by atoms with E-state index in [-0.39, 0.29) is 28.4 Å². The summed E-state index contributed by atoms with van der Waals surface area (Å²) in [6.45, 7) is 13.2. The van der Waals surface area contributed by atoms with Crippen molar-refractivity contribution in [3.05, 3.63) is 60.2 Å². The number of hydrogen-bond donors (Lipinski definition) is 0. The van der Waals surface area contributed by atoms with Crippen LogP contribution in [0.2, 0.25) is 0 Å². The number of likely N-dealkylation sites (tertiary alicyclic amines) is 2. The molecule has 0 bridgehead atoms. The van der Waals surface area contributed by atoms with E-state index in [1.165, 1.54) is 5.56 Å². The lowest BCUT2D eigenvalue weighted by Crippen LogP contribution is -2.45. The molecular formula is C36H56N4O7S2. The van der Waals surface area contributed by atoms with Gasteiger partial charge in [-0.25, -0.2) is 18.0 Å². The Balaban J connectivity index is 0.000000266. The van der Waals surface area contributed by atoms with Crippen molar-refractivity contribution in [1.29, 1.82) is 0 Å². The van der Waals surface area contributed by atoms with Crippen LogP contribution in [0.3, 0.4) is 0 Å². The van der Waals surface area contributed by atoms with Crippen LogP contribution in [0.25, 0.3) is 0 Å². The van der Waals surface area contributed by atoms with E-state index in [9.17, 15) is 22.2 Å². The van der Waals surface area contributed by atoms with Crippen LogP contribution in [-0.4, -0.2) is 104 Å².